The molecule has 1 aliphatic rings. The van der Waals surface area contributed by atoms with Gasteiger partial charge in [-0.3, -0.25) is 0 Å². The summed E-state index contributed by atoms with van der Waals surface area (Å²) < 4.78 is 26.4. The standard InChI is InChI=1S/C6H15N3O3S/c1-12-5-6-3-2-4-9(6)8-13(7,10)11/h6,8H,2-5H2,1H3,(H2,7,10,11)/t6-/m0/s1. The smallest absolute Gasteiger partial charge is 0.287 e. The van der Waals surface area contributed by atoms with E-state index in [0.29, 0.717) is 13.2 Å². The zero-order chi connectivity index (χ0) is 9.90. The van der Waals surface area contributed by atoms with Crippen molar-refractivity contribution in [2.24, 2.45) is 5.14 Å². The Morgan fingerprint density at radius 1 is 1.69 bits per heavy atom. The van der Waals surface area contributed by atoms with Crippen LogP contribution in [0.2, 0.25) is 0 Å². The van der Waals surface area contributed by atoms with E-state index in [4.69, 9.17) is 9.88 Å². The van der Waals surface area contributed by atoms with Crippen LogP contribution in [-0.4, -0.2) is 39.7 Å². The normalized spacial score (nSPS) is 25.2. The van der Waals surface area contributed by atoms with Gasteiger partial charge in [-0.1, -0.05) is 0 Å². The average Bonchev–Trinajstić information content (AvgIpc) is 2.34. The van der Waals surface area contributed by atoms with E-state index in [1.165, 1.54) is 0 Å². The molecule has 0 aromatic rings. The van der Waals surface area contributed by atoms with Crippen molar-refractivity contribution >= 4 is 10.2 Å². The first-order chi connectivity index (χ1) is 6.03. The Hall–Kier alpha value is -0.210. The molecule has 78 valence electrons. The lowest BCUT2D eigenvalue weighted by molar-refractivity contribution is 0.104. The molecule has 0 spiro atoms. The van der Waals surface area contributed by atoms with Crippen LogP contribution in [0.15, 0.2) is 0 Å². The minimum atomic E-state index is -3.64. The fourth-order valence-corrected chi connectivity index (χ4v) is 2.05. The van der Waals surface area contributed by atoms with Gasteiger partial charge < -0.3 is 4.74 Å². The number of nitrogens with two attached hydrogens (primary N) is 1. The van der Waals surface area contributed by atoms with Gasteiger partial charge in [0, 0.05) is 19.7 Å². The zero-order valence-electron chi connectivity index (χ0n) is 7.56. The maximum absolute atomic E-state index is 10.7. The highest BCUT2D eigenvalue weighted by atomic mass is 32.2. The second-order valence-electron chi connectivity index (χ2n) is 3.08. The summed E-state index contributed by atoms with van der Waals surface area (Å²) in [4.78, 5) is 2.26. The molecule has 6 nitrogen and oxygen atoms in total. The van der Waals surface area contributed by atoms with Crippen LogP contribution in [0.5, 0.6) is 0 Å². The minimum Gasteiger partial charge on any atom is -0.383 e. The summed E-state index contributed by atoms with van der Waals surface area (Å²) in [7, 11) is -2.05. The molecule has 1 atom stereocenters. The Morgan fingerprint density at radius 3 is 2.92 bits per heavy atom. The van der Waals surface area contributed by atoms with Gasteiger partial charge in [0.1, 0.15) is 0 Å². The number of methoxy groups -OCH3 is 1. The molecule has 13 heavy (non-hydrogen) atoms. The second-order valence-corrected chi connectivity index (χ2v) is 4.35. The van der Waals surface area contributed by atoms with Gasteiger partial charge in [0.25, 0.3) is 10.2 Å². The van der Waals surface area contributed by atoms with Crippen molar-refractivity contribution in [2.75, 3.05) is 20.3 Å². The number of ether oxygens (including phenoxy) is 1. The Balaban J connectivity index is 2.49. The van der Waals surface area contributed by atoms with E-state index in [-0.39, 0.29) is 6.04 Å². The molecule has 1 saturated heterocycles. The molecule has 1 heterocycles. The Bertz CT molecular complexity index is 254. The molecule has 1 aliphatic heterocycles. The maximum Gasteiger partial charge on any atom is 0.287 e. The predicted octanol–water partition coefficient (Wildman–Crippen LogP) is -1.19. The van der Waals surface area contributed by atoms with Crippen molar-refractivity contribution in [3.63, 3.8) is 0 Å². The molecule has 1 rings (SSSR count). The van der Waals surface area contributed by atoms with Crippen molar-refractivity contribution in [2.45, 2.75) is 18.9 Å². The Kier molecular flexibility index (Phi) is 3.63. The lowest BCUT2D eigenvalue weighted by Crippen LogP contribution is -2.49. The van der Waals surface area contributed by atoms with Gasteiger partial charge in [0.2, 0.25) is 0 Å². The van der Waals surface area contributed by atoms with E-state index in [2.05, 4.69) is 4.83 Å². The number of hydrogen-bond donors (Lipinski definition) is 2. The molecule has 7 heteroatoms. The van der Waals surface area contributed by atoms with E-state index in [1.807, 2.05) is 0 Å². The van der Waals surface area contributed by atoms with E-state index in [1.54, 1.807) is 12.1 Å². The number of rotatable bonds is 4. The quantitative estimate of drug-likeness (QED) is 0.609. The van der Waals surface area contributed by atoms with Crippen LogP contribution in [-0.2, 0) is 14.9 Å². The number of hydrogen-bond acceptors (Lipinski definition) is 4. The van der Waals surface area contributed by atoms with Crippen LogP contribution in [0.25, 0.3) is 0 Å². The molecular weight excluding hydrogens is 194 g/mol. The summed E-state index contributed by atoms with van der Waals surface area (Å²) in [5.74, 6) is 0. The molecule has 0 saturated carbocycles. The molecule has 0 aromatic heterocycles. The summed E-state index contributed by atoms with van der Waals surface area (Å²) in [6.45, 7) is 1.20. The number of nitrogens with one attached hydrogen (secondary N) is 1. The van der Waals surface area contributed by atoms with Gasteiger partial charge in [0.15, 0.2) is 0 Å². The van der Waals surface area contributed by atoms with Gasteiger partial charge in [-0.25, -0.2) is 10.1 Å². The third kappa shape index (κ3) is 3.57. The maximum atomic E-state index is 10.7. The predicted molar refractivity (Wildman–Crippen MR) is 47.8 cm³/mol. The monoisotopic (exact) mass is 209 g/mol. The fourth-order valence-electron chi connectivity index (χ4n) is 1.48. The molecule has 0 aliphatic carbocycles. The first-order valence-electron chi connectivity index (χ1n) is 4.08. The van der Waals surface area contributed by atoms with Crippen LogP contribution in [0.4, 0.5) is 0 Å². The third-order valence-corrected chi connectivity index (χ3v) is 2.47. The molecule has 3 N–H and O–H groups in total. The van der Waals surface area contributed by atoms with Gasteiger partial charge in [0.05, 0.1) is 6.61 Å². The summed E-state index contributed by atoms with van der Waals surface area (Å²) in [6.07, 6.45) is 1.88. The van der Waals surface area contributed by atoms with Gasteiger partial charge in [-0.15, -0.1) is 4.83 Å². The van der Waals surface area contributed by atoms with Crippen molar-refractivity contribution in [3.05, 3.63) is 0 Å². The van der Waals surface area contributed by atoms with Crippen molar-refractivity contribution in [3.8, 4) is 0 Å². The average molecular weight is 209 g/mol. The molecule has 0 unspecified atom stereocenters. The molecular formula is C6H15N3O3S. The summed E-state index contributed by atoms with van der Waals surface area (Å²) >= 11 is 0. The highest BCUT2D eigenvalue weighted by Crippen LogP contribution is 2.14. The van der Waals surface area contributed by atoms with Crippen molar-refractivity contribution < 1.29 is 13.2 Å². The third-order valence-electron chi connectivity index (χ3n) is 1.98. The highest BCUT2D eigenvalue weighted by molar-refractivity contribution is 7.87. The lowest BCUT2D eigenvalue weighted by atomic mass is 10.2. The Morgan fingerprint density at radius 2 is 2.38 bits per heavy atom. The first-order valence-corrected chi connectivity index (χ1v) is 5.63. The van der Waals surface area contributed by atoms with E-state index >= 15 is 0 Å². The zero-order valence-corrected chi connectivity index (χ0v) is 8.38. The summed E-state index contributed by atoms with van der Waals surface area (Å²) in [5.41, 5.74) is 0. The molecule has 0 amide bonds. The highest BCUT2D eigenvalue weighted by Gasteiger charge is 2.26. The first kappa shape index (κ1) is 10.9. The topological polar surface area (TPSA) is 84.7 Å². The second kappa shape index (κ2) is 4.34. The molecule has 1 fully saturated rings. The van der Waals surface area contributed by atoms with Crippen LogP contribution >= 0.6 is 0 Å². The molecule has 0 aromatic carbocycles. The number of nitrogens with zero attached hydrogens (tertiary/aromatic N) is 1. The Labute approximate surface area is 78.2 Å². The van der Waals surface area contributed by atoms with E-state index in [0.717, 1.165) is 12.8 Å². The van der Waals surface area contributed by atoms with Crippen molar-refractivity contribution in [1.29, 1.82) is 0 Å². The summed E-state index contributed by atoms with van der Waals surface area (Å²) in [6, 6.07) is 0.100. The van der Waals surface area contributed by atoms with Gasteiger partial charge in [-0.2, -0.15) is 8.42 Å². The van der Waals surface area contributed by atoms with Crippen LogP contribution < -0.4 is 9.97 Å². The number of hydrazine groups is 1. The minimum absolute atomic E-state index is 0.100. The van der Waals surface area contributed by atoms with Crippen molar-refractivity contribution in [1.82, 2.24) is 9.84 Å². The molecule has 0 bridgehead atoms. The van der Waals surface area contributed by atoms with Gasteiger partial charge >= 0.3 is 0 Å². The van der Waals surface area contributed by atoms with Crippen LogP contribution in [0.1, 0.15) is 12.8 Å². The lowest BCUT2D eigenvalue weighted by Gasteiger charge is -2.22. The SMILES string of the molecule is COC[C@@H]1CCCN1NS(N)(=O)=O. The largest absolute Gasteiger partial charge is 0.383 e. The van der Waals surface area contributed by atoms with E-state index < -0.39 is 10.2 Å². The van der Waals surface area contributed by atoms with Crippen LogP contribution in [0, 0.1) is 0 Å². The molecule has 0 radical (unpaired) electrons. The van der Waals surface area contributed by atoms with Crippen LogP contribution in [0.3, 0.4) is 0 Å². The van der Waals surface area contributed by atoms with E-state index in [9.17, 15) is 8.42 Å². The fraction of sp³-hybridized carbons (Fsp3) is 1.00. The summed E-state index contributed by atoms with van der Waals surface area (Å²) in [5, 5.41) is 6.46. The van der Waals surface area contributed by atoms with Gasteiger partial charge in [-0.05, 0) is 12.8 Å².